The molecule has 1 N–H and O–H groups in total. The van der Waals surface area contributed by atoms with E-state index in [4.69, 9.17) is 0 Å². The van der Waals surface area contributed by atoms with Crippen molar-refractivity contribution in [2.75, 3.05) is 0 Å². The predicted molar refractivity (Wildman–Crippen MR) is 111 cm³/mol. The van der Waals surface area contributed by atoms with E-state index in [1.165, 1.54) is 5.56 Å². The molecular formula is C22H19N7. The fourth-order valence-corrected chi connectivity index (χ4v) is 3.67. The van der Waals surface area contributed by atoms with Crippen LogP contribution in [0.3, 0.4) is 0 Å². The maximum Gasteiger partial charge on any atom is 0.180 e. The van der Waals surface area contributed by atoms with Gasteiger partial charge in [-0.05, 0) is 52.6 Å². The average molecular weight is 381 g/mol. The fraction of sp³-hybridized carbons (Fsp3) is 0.136. The van der Waals surface area contributed by atoms with Crippen molar-refractivity contribution in [1.29, 1.82) is 0 Å². The highest BCUT2D eigenvalue weighted by molar-refractivity contribution is 5.80. The quantitative estimate of drug-likeness (QED) is 0.510. The molecule has 0 saturated carbocycles. The third-order valence-corrected chi connectivity index (χ3v) is 5.04. The molecule has 3 aromatic heterocycles. The van der Waals surface area contributed by atoms with E-state index in [0.717, 1.165) is 45.7 Å². The van der Waals surface area contributed by atoms with E-state index in [1.54, 1.807) is 0 Å². The molecule has 0 fully saturated rings. The smallest absolute Gasteiger partial charge is 0.180 e. The summed E-state index contributed by atoms with van der Waals surface area (Å²) in [7, 11) is 0. The van der Waals surface area contributed by atoms with Gasteiger partial charge in [-0.2, -0.15) is 0 Å². The Balaban J connectivity index is 1.47. The van der Waals surface area contributed by atoms with Crippen LogP contribution >= 0.6 is 0 Å². The van der Waals surface area contributed by atoms with Crippen molar-refractivity contribution >= 4 is 11.2 Å². The lowest BCUT2D eigenvalue weighted by molar-refractivity contribution is 0.812. The molecule has 0 atom stereocenters. The van der Waals surface area contributed by atoms with Gasteiger partial charge in [-0.3, -0.25) is 0 Å². The zero-order chi connectivity index (χ0) is 19.8. The highest BCUT2D eigenvalue weighted by Gasteiger charge is 2.11. The van der Waals surface area contributed by atoms with Crippen molar-refractivity contribution in [2.24, 2.45) is 0 Å². The normalized spacial score (nSPS) is 11.2. The predicted octanol–water partition coefficient (Wildman–Crippen LogP) is 3.94. The van der Waals surface area contributed by atoms with Crippen LogP contribution in [0.5, 0.6) is 0 Å². The number of hydrogen-bond acceptors (Lipinski definition) is 5. The number of rotatable bonds is 4. The second-order valence-electron chi connectivity index (χ2n) is 7.12. The maximum absolute atomic E-state index is 4.68. The number of nitrogens with zero attached hydrogens (tertiary/aromatic N) is 6. The van der Waals surface area contributed by atoms with Crippen LogP contribution in [0.1, 0.15) is 16.8 Å². The molecule has 29 heavy (non-hydrogen) atoms. The van der Waals surface area contributed by atoms with Gasteiger partial charge < -0.3 is 4.57 Å². The first-order valence-electron chi connectivity index (χ1n) is 9.40. The monoisotopic (exact) mass is 381 g/mol. The van der Waals surface area contributed by atoms with Crippen LogP contribution in [0.4, 0.5) is 0 Å². The van der Waals surface area contributed by atoms with E-state index >= 15 is 0 Å². The van der Waals surface area contributed by atoms with E-state index in [2.05, 4.69) is 78.5 Å². The molecule has 2 aromatic carbocycles. The number of fused-ring (bicyclic) bond motifs is 1. The summed E-state index contributed by atoms with van der Waals surface area (Å²) in [5, 5.41) is 14.3. The molecule has 3 heterocycles. The molecule has 0 amide bonds. The van der Waals surface area contributed by atoms with Crippen molar-refractivity contribution in [3.63, 3.8) is 0 Å². The Morgan fingerprint density at radius 1 is 0.966 bits per heavy atom. The van der Waals surface area contributed by atoms with Gasteiger partial charge in [-0.15, -0.1) is 5.10 Å². The number of aryl methyl sites for hydroxylation is 2. The molecule has 0 spiro atoms. The van der Waals surface area contributed by atoms with Gasteiger partial charge in [0.1, 0.15) is 5.52 Å². The first kappa shape index (κ1) is 17.2. The summed E-state index contributed by atoms with van der Waals surface area (Å²) >= 11 is 0. The first-order valence-corrected chi connectivity index (χ1v) is 9.40. The number of tetrazole rings is 1. The minimum Gasteiger partial charge on any atom is -0.311 e. The van der Waals surface area contributed by atoms with Crippen LogP contribution < -0.4 is 0 Å². The fourth-order valence-electron chi connectivity index (χ4n) is 3.67. The third kappa shape index (κ3) is 3.16. The minimum atomic E-state index is 0.659. The molecule has 5 rings (SSSR count). The molecule has 0 radical (unpaired) electrons. The number of aromatic amines is 1. The van der Waals surface area contributed by atoms with Crippen LogP contribution in [-0.4, -0.2) is 35.2 Å². The minimum absolute atomic E-state index is 0.659. The summed E-state index contributed by atoms with van der Waals surface area (Å²) in [6, 6.07) is 18.7. The Kier molecular flexibility index (Phi) is 4.13. The molecule has 0 aliphatic rings. The number of benzene rings is 2. The number of pyridine rings is 1. The van der Waals surface area contributed by atoms with Gasteiger partial charge >= 0.3 is 0 Å². The summed E-state index contributed by atoms with van der Waals surface area (Å²) < 4.78 is 2.10. The van der Waals surface area contributed by atoms with E-state index < -0.39 is 0 Å². The van der Waals surface area contributed by atoms with Crippen LogP contribution in [0.15, 0.2) is 60.9 Å². The Bertz CT molecular complexity index is 1290. The molecule has 0 aliphatic heterocycles. The van der Waals surface area contributed by atoms with Crippen molar-refractivity contribution in [3.8, 4) is 22.5 Å². The molecule has 0 bridgehead atoms. The van der Waals surface area contributed by atoms with Crippen molar-refractivity contribution in [2.45, 2.75) is 20.4 Å². The SMILES string of the molecule is Cc1cc(C)c2ncn(Cc3ccc(-c4ccccc4-c4nnn[nH]4)cc3)c2n1. The number of nitrogens with one attached hydrogen (secondary N) is 1. The Morgan fingerprint density at radius 2 is 1.76 bits per heavy atom. The number of H-pyrrole nitrogens is 1. The highest BCUT2D eigenvalue weighted by atomic mass is 15.5. The molecule has 142 valence electrons. The standard InChI is InChI=1S/C22H19N7/c1-14-11-15(2)24-22-20(14)23-13-29(22)12-16-7-9-17(10-8-16)18-5-3-4-6-19(18)21-25-27-28-26-21/h3-11,13H,12H2,1-2H3,(H,25,26,27,28). The topological polar surface area (TPSA) is 85.2 Å². The highest BCUT2D eigenvalue weighted by Crippen LogP contribution is 2.30. The molecule has 0 saturated heterocycles. The second kappa shape index (κ2) is 6.94. The van der Waals surface area contributed by atoms with Crippen LogP contribution in [0.2, 0.25) is 0 Å². The Morgan fingerprint density at radius 3 is 2.52 bits per heavy atom. The first-order chi connectivity index (χ1) is 14.2. The summed E-state index contributed by atoms with van der Waals surface area (Å²) in [6.07, 6.45) is 1.87. The summed E-state index contributed by atoms with van der Waals surface area (Å²) in [5.74, 6) is 0.659. The van der Waals surface area contributed by atoms with Gasteiger partial charge in [0.15, 0.2) is 11.5 Å². The summed E-state index contributed by atoms with van der Waals surface area (Å²) in [5.41, 5.74) is 8.40. The van der Waals surface area contributed by atoms with E-state index in [9.17, 15) is 0 Å². The van der Waals surface area contributed by atoms with Crippen LogP contribution in [0.25, 0.3) is 33.7 Å². The van der Waals surface area contributed by atoms with Gasteiger partial charge in [0.25, 0.3) is 0 Å². The van der Waals surface area contributed by atoms with Crippen LogP contribution in [0, 0.1) is 13.8 Å². The molecule has 0 unspecified atom stereocenters. The van der Waals surface area contributed by atoms with Gasteiger partial charge in [0.2, 0.25) is 0 Å². The Hall–Kier alpha value is -3.87. The molecule has 0 aliphatic carbocycles. The van der Waals surface area contributed by atoms with Crippen molar-refractivity contribution in [3.05, 3.63) is 77.7 Å². The lowest BCUT2D eigenvalue weighted by Crippen LogP contribution is -2.00. The molecule has 5 aromatic rings. The second-order valence-corrected chi connectivity index (χ2v) is 7.12. The van der Waals surface area contributed by atoms with Crippen molar-refractivity contribution in [1.82, 2.24) is 35.2 Å². The van der Waals surface area contributed by atoms with E-state index in [1.807, 2.05) is 31.5 Å². The Labute approximate surface area is 167 Å². The molecular weight excluding hydrogens is 362 g/mol. The zero-order valence-electron chi connectivity index (χ0n) is 16.2. The lowest BCUT2D eigenvalue weighted by atomic mass is 9.98. The number of aromatic nitrogens is 7. The summed E-state index contributed by atoms with van der Waals surface area (Å²) in [4.78, 5) is 9.21. The molecule has 7 heteroatoms. The van der Waals surface area contributed by atoms with E-state index in [0.29, 0.717) is 5.82 Å². The van der Waals surface area contributed by atoms with Crippen LogP contribution in [-0.2, 0) is 6.54 Å². The van der Waals surface area contributed by atoms with E-state index in [-0.39, 0.29) is 0 Å². The molecule has 7 nitrogen and oxygen atoms in total. The van der Waals surface area contributed by atoms with Gasteiger partial charge in [0, 0.05) is 11.3 Å². The lowest BCUT2D eigenvalue weighted by Gasteiger charge is -2.09. The summed E-state index contributed by atoms with van der Waals surface area (Å²) in [6.45, 7) is 4.81. The van der Waals surface area contributed by atoms with Gasteiger partial charge in [0.05, 0.1) is 12.9 Å². The average Bonchev–Trinajstić information content (AvgIpc) is 3.40. The number of hydrogen-bond donors (Lipinski definition) is 1. The third-order valence-electron chi connectivity index (χ3n) is 5.04. The zero-order valence-corrected chi connectivity index (χ0v) is 16.2. The van der Waals surface area contributed by atoms with Gasteiger partial charge in [-0.1, -0.05) is 48.5 Å². The van der Waals surface area contributed by atoms with Crippen molar-refractivity contribution < 1.29 is 0 Å². The largest absolute Gasteiger partial charge is 0.311 e. The maximum atomic E-state index is 4.68. The van der Waals surface area contributed by atoms with Gasteiger partial charge in [-0.25, -0.2) is 15.1 Å². The number of imidazole rings is 1.